The zero-order valence-corrected chi connectivity index (χ0v) is 24.4. The molecule has 0 spiro atoms. The summed E-state index contributed by atoms with van der Waals surface area (Å²) in [6.07, 6.45) is 0. The molecule has 0 aliphatic carbocycles. The van der Waals surface area contributed by atoms with Crippen LogP contribution < -0.4 is 4.90 Å². The molecule has 1 nitrogen and oxygen atoms in total. The number of rotatable bonds is 4. The van der Waals surface area contributed by atoms with Crippen molar-refractivity contribution in [3.05, 3.63) is 163 Å². The van der Waals surface area contributed by atoms with Gasteiger partial charge in [0, 0.05) is 17.1 Å². The lowest BCUT2D eigenvalue weighted by atomic mass is 9.96. The zero-order valence-electron chi connectivity index (χ0n) is 24.4. The van der Waals surface area contributed by atoms with Crippen molar-refractivity contribution in [3.63, 3.8) is 0 Å². The van der Waals surface area contributed by atoms with Crippen molar-refractivity contribution >= 4 is 60.2 Å². The molecule has 0 atom stereocenters. The Morgan fingerprint density at radius 1 is 0.372 bits per heavy atom. The molecule has 0 N–H and O–H groups in total. The number of fused-ring (bicyclic) bond motifs is 6. The highest BCUT2D eigenvalue weighted by Gasteiger charge is 2.18. The summed E-state index contributed by atoms with van der Waals surface area (Å²) in [7, 11) is 0. The van der Waals surface area contributed by atoms with Crippen molar-refractivity contribution in [1.82, 2.24) is 0 Å². The molecular formula is C42H31N. The second kappa shape index (κ2) is 10.2. The van der Waals surface area contributed by atoms with E-state index in [1.165, 1.54) is 71.0 Å². The van der Waals surface area contributed by atoms with E-state index in [2.05, 4.69) is 170 Å². The van der Waals surface area contributed by atoms with E-state index in [4.69, 9.17) is 0 Å². The quantitative estimate of drug-likeness (QED) is 0.197. The maximum absolute atomic E-state index is 2.43. The fourth-order valence-corrected chi connectivity index (χ4v) is 6.73. The van der Waals surface area contributed by atoms with Crippen LogP contribution in [-0.4, -0.2) is 0 Å². The van der Waals surface area contributed by atoms with Crippen molar-refractivity contribution in [2.24, 2.45) is 0 Å². The highest BCUT2D eigenvalue weighted by atomic mass is 15.1. The number of hydrogen-bond acceptors (Lipinski definition) is 1. The third-order valence-electron chi connectivity index (χ3n) is 8.82. The fraction of sp³-hybridized carbons (Fsp3) is 0.0476. The van der Waals surface area contributed by atoms with Crippen molar-refractivity contribution < 1.29 is 0 Å². The normalized spacial score (nSPS) is 11.5. The van der Waals surface area contributed by atoms with Crippen LogP contribution in [0.4, 0.5) is 17.1 Å². The summed E-state index contributed by atoms with van der Waals surface area (Å²) >= 11 is 0. The predicted octanol–water partition coefficient (Wildman–Crippen LogP) is 12.1. The van der Waals surface area contributed by atoms with Crippen molar-refractivity contribution in [2.75, 3.05) is 4.90 Å². The van der Waals surface area contributed by atoms with Gasteiger partial charge in [0.2, 0.25) is 0 Å². The van der Waals surface area contributed by atoms with Gasteiger partial charge < -0.3 is 4.90 Å². The Morgan fingerprint density at radius 3 is 1.74 bits per heavy atom. The molecule has 0 amide bonds. The first kappa shape index (κ1) is 25.3. The second-order valence-electron chi connectivity index (χ2n) is 11.5. The molecular weight excluding hydrogens is 518 g/mol. The molecule has 0 aliphatic rings. The summed E-state index contributed by atoms with van der Waals surface area (Å²) in [4.78, 5) is 2.43. The third kappa shape index (κ3) is 4.33. The highest BCUT2D eigenvalue weighted by Crippen LogP contribution is 2.42. The lowest BCUT2D eigenvalue weighted by Crippen LogP contribution is -2.12. The van der Waals surface area contributed by atoms with Crippen LogP contribution in [0.1, 0.15) is 11.1 Å². The van der Waals surface area contributed by atoms with Gasteiger partial charge in [-0.3, -0.25) is 0 Å². The minimum atomic E-state index is 1.14. The van der Waals surface area contributed by atoms with E-state index in [-0.39, 0.29) is 0 Å². The fourth-order valence-electron chi connectivity index (χ4n) is 6.73. The van der Waals surface area contributed by atoms with Gasteiger partial charge in [0.05, 0.1) is 0 Å². The average molecular weight is 550 g/mol. The predicted molar refractivity (Wildman–Crippen MR) is 186 cm³/mol. The van der Waals surface area contributed by atoms with Crippen molar-refractivity contribution in [3.8, 4) is 11.1 Å². The van der Waals surface area contributed by atoms with Gasteiger partial charge in [-0.2, -0.15) is 0 Å². The molecule has 204 valence electrons. The Bertz CT molecular complexity index is 2300. The SMILES string of the molecule is Cc1cc2c(ccc3ccccc32)cc1N(c1ccc(-c2ccccc2)cc1)c1cc(C)c2c(ccc3ccccc32)c1. The van der Waals surface area contributed by atoms with Crippen LogP contribution in [0.25, 0.3) is 54.2 Å². The Balaban J connectivity index is 1.36. The van der Waals surface area contributed by atoms with E-state index < -0.39 is 0 Å². The summed E-state index contributed by atoms with van der Waals surface area (Å²) in [6, 6.07) is 55.4. The van der Waals surface area contributed by atoms with Gasteiger partial charge in [-0.1, -0.05) is 115 Å². The number of anilines is 3. The molecule has 8 aromatic carbocycles. The Morgan fingerprint density at radius 2 is 0.977 bits per heavy atom. The highest BCUT2D eigenvalue weighted by molar-refractivity contribution is 6.11. The van der Waals surface area contributed by atoms with Crippen molar-refractivity contribution in [2.45, 2.75) is 13.8 Å². The minimum Gasteiger partial charge on any atom is -0.310 e. The van der Waals surface area contributed by atoms with E-state index >= 15 is 0 Å². The largest absolute Gasteiger partial charge is 0.310 e. The Kier molecular flexibility index (Phi) is 5.98. The van der Waals surface area contributed by atoms with E-state index in [0.717, 1.165) is 11.4 Å². The van der Waals surface area contributed by atoms with Gasteiger partial charge in [-0.15, -0.1) is 0 Å². The van der Waals surface area contributed by atoms with Crippen LogP contribution in [0.3, 0.4) is 0 Å². The van der Waals surface area contributed by atoms with Gasteiger partial charge in [-0.25, -0.2) is 0 Å². The molecule has 0 saturated heterocycles. The van der Waals surface area contributed by atoms with E-state index in [0.29, 0.717) is 0 Å². The van der Waals surface area contributed by atoms with Crippen LogP contribution in [0.15, 0.2) is 152 Å². The Labute approximate surface area is 252 Å². The first-order valence-corrected chi connectivity index (χ1v) is 14.9. The smallest absolute Gasteiger partial charge is 0.0497 e. The number of hydrogen-bond donors (Lipinski definition) is 0. The molecule has 0 saturated carbocycles. The van der Waals surface area contributed by atoms with Gasteiger partial charge in [0.1, 0.15) is 0 Å². The standard InChI is InChI=1S/C42H31N/c1-28-25-40-34(18-16-32-12-6-8-14-38(32)40)27-41(28)43(36-22-20-31(21-23-36)30-10-4-3-5-11-30)37-24-29(2)42-35(26-37)19-17-33-13-7-9-15-39(33)42/h3-27H,1-2H3. The molecule has 0 aliphatic heterocycles. The first-order valence-electron chi connectivity index (χ1n) is 14.9. The average Bonchev–Trinajstić information content (AvgIpc) is 3.05. The van der Waals surface area contributed by atoms with E-state index in [1.54, 1.807) is 0 Å². The third-order valence-corrected chi connectivity index (χ3v) is 8.82. The van der Waals surface area contributed by atoms with Gasteiger partial charge in [0.25, 0.3) is 0 Å². The first-order chi connectivity index (χ1) is 21.1. The van der Waals surface area contributed by atoms with Crippen LogP contribution in [-0.2, 0) is 0 Å². The summed E-state index contributed by atoms with van der Waals surface area (Å²) < 4.78 is 0. The lowest BCUT2D eigenvalue weighted by molar-refractivity contribution is 1.26. The van der Waals surface area contributed by atoms with Crippen LogP contribution in [0.5, 0.6) is 0 Å². The molecule has 43 heavy (non-hydrogen) atoms. The molecule has 0 heterocycles. The molecule has 0 unspecified atom stereocenters. The number of benzene rings is 8. The second-order valence-corrected chi connectivity index (χ2v) is 11.5. The minimum absolute atomic E-state index is 1.14. The summed E-state index contributed by atoms with van der Waals surface area (Å²) in [5.41, 5.74) is 8.45. The van der Waals surface area contributed by atoms with Gasteiger partial charge in [0.15, 0.2) is 0 Å². The zero-order chi connectivity index (χ0) is 28.9. The lowest BCUT2D eigenvalue weighted by Gasteiger charge is -2.29. The van der Waals surface area contributed by atoms with Gasteiger partial charge in [-0.05, 0) is 116 Å². The summed E-state index contributed by atoms with van der Waals surface area (Å²) in [6.45, 7) is 4.48. The van der Waals surface area contributed by atoms with Gasteiger partial charge >= 0.3 is 0 Å². The maximum Gasteiger partial charge on any atom is 0.0497 e. The molecule has 0 fully saturated rings. The van der Waals surface area contributed by atoms with Crippen LogP contribution >= 0.6 is 0 Å². The maximum atomic E-state index is 2.43. The van der Waals surface area contributed by atoms with Crippen LogP contribution in [0, 0.1) is 13.8 Å². The number of aryl methyl sites for hydroxylation is 2. The van der Waals surface area contributed by atoms with Crippen LogP contribution in [0.2, 0.25) is 0 Å². The topological polar surface area (TPSA) is 3.24 Å². The van der Waals surface area contributed by atoms with E-state index in [9.17, 15) is 0 Å². The molecule has 8 rings (SSSR count). The molecule has 0 bridgehead atoms. The van der Waals surface area contributed by atoms with Crippen molar-refractivity contribution in [1.29, 1.82) is 0 Å². The summed E-state index contributed by atoms with van der Waals surface area (Å²) in [5, 5.41) is 10.3. The summed E-state index contributed by atoms with van der Waals surface area (Å²) in [5.74, 6) is 0. The number of nitrogens with zero attached hydrogens (tertiary/aromatic N) is 1. The molecule has 0 aromatic heterocycles. The molecule has 1 heteroatoms. The molecule has 8 aromatic rings. The van der Waals surface area contributed by atoms with E-state index in [1.807, 2.05) is 0 Å². The molecule has 0 radical (unpaired) electrons. The Hall–Kier alpha value is -5.40. The monoisotopic (exact) mass is 549 g/mol.